The third-order valence-corrected chi connectivity index (χ3v) is 3.63. The SMILES string of the molecule is O=C(C1Cc2ccccc21)N1CCC(O)C1. The van der Waals surface area contributed by atoms with Gasteiger partial charge in [-0.1, -0.05) is 24.3 Å². The molecule has 1 amide bonds. The third-order valence-electron chi connectivity index (χ3n) is 3.63. The summed E-state index contributed by atoms with van der Waals surface area (Å²) in [5, 5.41) is 9.42. The lowest BCUT2D eigenvalue weighted by atomic mass is 9.77. The minimum Gasteiger partial charge on any atom is -0.391 e. The van der Waals surface area contributed by atoms with Crippen LogP contribution in [0.5, 0.6) is 0 Å². The Morgan fingerprint density at radius 3 is 2.88 bits per heavy atom. The van der Waals surface area contributed by atoms with Gasteiger partial charge in [0.2, 0.25) is 5.91 Å². The Morgan fingerprint density at radius 1 is 1.38 bits per heavy atom. The van der Waals surface area contributed by atoms with Crippen LogP contribution in [0.3, 0.4) is 0 Å². The van der Waals surface area contributed by atoms with Crippen molar-refractivity contribution in [1.29, 1.82) is 0 Å². The average molecular weight is 217 g/mol. The van der Waals surface area contributed by atoms with Crippen molar-refractivity contribution in [2.45, 2.75) is 24.9 Å². The van der Waals surface area contributed by atoms with Gasteiger partial charge in [0, 0.05) is 13.1 Å². The molecular weight excluding hydrogens is 202 g/mol. The molecule has 0 radical (unpaired) electrons. The molecule has 1 aromatic rings. The summed E-state index contributed by atoms with van der Waals surface area (Å²) >= 11 is 0. The first-order chi connectivity index (χ1) is 7.75. The Morgan fingerprint density at radius 2 is 2.19 bits per heavy atom. The van der Waals surface area contributed by atoms with Gasteiger partial charge >= 0.3 is 0 Å². The van der Waals surface area contributed by atoms with Crippen LogP contribution in [0.2, 0.25) is 0 Å². The van der Waals surface area contributed by atoms with Crippen LogP contribution in [0.25, 0.3) is 0 Å². The fourth-order valence-corrected chi connectivity index (χ4v) is 2.64. The van der Waals surface area contributed by atoms with Gasteiger partial charge in [0.25, 0.3) is 0 Å². The summed E-state index contributed by atoms with van der Waals surface area (Å²) in [4.78, 5) is 13.9. The Bertz CT molecular complexity index is 430. The van der Waals surface area contributed by atoms with E-state index in [-0.39, 0.29) is 17.9 Å². The standard InChI is InChI=1S/C13H15NO2/c15-10-5-6-14(8-10)13(16)12-7-9-3-1-2-4-11(9)12/h1-4,10,12,15H,5-8H2. The van der Waals surface area contributed by atoms with E-state index in [0.717, 1.165) is 12.8 Å². The first kappa shape index (κ1) is 9.85. The van der Waals surface area contributed by atoms with E-state index >= 15 is 0 Å². The molecule has 1 fully saturated rings. The molecule has 2 aliphatic rings. The number of amides is 1. The van der Waals surface area contributed by atoms with Gasteiger partial charge in [0.1, 0.15) is 0 Å². The van der Waals surface area contributed by atoms with Crippen LogP contribution in [0.1, 0.15) is 23.5 Å². The Kier molecular flexibility index (Phi) is 2.21. The molecule has 3 nitrogen and oxygen atoms in total. The van der Waals surface area contributed by atoms with Gasteiger partial charge in [-0.2, -0.15) is 0 Å². The van der Waals surface area contributed by atoms with Gasteiger partial charge in [-0.05, 0) is 24.0 Å². The van der Waals surface area contributed by atoms with E-state index in [1.807, 2.05) is 18.2 Å². The number of aliphatic hydroxyl groups excluding tert-OH is 1. The second-order valence-corrected chi connectivity index (χ2v) is 4.68. The zero-order valence-electron chi connectivity index (χ0n) is 9.10. The van der Waals surface area contributed by atoms with Crippen LogP contribution < -0.4 is 0 Å². The maximum Gasteiger partial charge on any atom is 0.230 e. The van der Waals surface area contributed by atoms with Crippen LogP contribution in [-0.4, -0.2) is 35.1 Å². The first-order valence-electron chi connectivity index (χ1n) is 5.80. The number of β-amino-alcohol motifs (C(OH)–C–C–N with tert-alkyl or cyclic N) is 1. The summed E-state index contributed by atoms with van der Waals surface area (Å²) in [7, 11) is 0. The predicted molar refractivity (Wildman–Crippen MR) is 60.1 cm³/mol. The second kappa shape index (κ2) is 3.59. The van der Waals surface area contributed by atoms with Gasteiger partial charge in [0.15, 0.2) is 0 Å². The maximum absolute atomic E-state index is 12.2. The number of hydrogen-bond donors (Lipinski definition) is 1. The molecule has 1 saturated heterocycles. The molecule has 3 heteroatoms. The summed E-state index contributed by atoms with van der Waals surface area (Å²) in [6.45, 7) is 1.22. The van der Waals surface area contributed by atoms with Gasteiger partial charge < -0.3 is 10.0 Å². The number of likely N-dealkylation sites (tertiary alicyclic amines) is 1. The highest BCUT2D eigenvalue weighted by molar-refractivity contribution is 5.87. The highest BCUT2D eigenvalue weighted by Gasteiger charge is 2.36. The lowest BCUT2D eigenvalue weighted by Crippen LogP contribution is -2.38. The zero-order chi connectivity index (χ0) is 11.1. The van der Waals surface area contributed by atoms with Crippen LogP contribution in [0.4, 0.5) is 0 Å². The Hall–Kier alpha value is -1.35. The maximum atomic E-state index is 12.2. The summed E-state index contributed by atoms with van der Waals surface area (Å²) in [5.41, 5.74) is 2.47. The number of carbonyl (C=O) groups is 1. The van der Waals surface area contributed by atoms with E-state index in [0.29, 0.717) is 13.1 Å². The quantitative estimate of drug-likeness (QED) is 0.760. The van der Waals surface area contributed by atoms with E-state index < -0.39 is 0 Å². The molecule has 0 spiro atoms. The molecule has 0 bridgehead atoms. The van der Waals surface area contributed by atoms with Crippen molar-refractivity contribution in [2.75, 3.05) is 13.1 Å². The first-order valence-corrected chi connectivity index (χ1v) is 5.80. The van der Waals surface area contributed by atoms with Crippen molar-refractivity contribution in [1.82, 2.24) is 4.90 Å². The number of rotatable bonds is 1. The fraction of sp³-hybridized carbons (Fsp3) is 0.462. The predicted octanol–water partition coefficient (Wildman–Crippen LogP) is 0.919. The molecule has 16 heavy (non-hydrogen) atoms. The lowest BCUT2D eigenvalue weighted by Gasteiger charge is -2.32. The number of fused-ring (bicyclic) bond motifs is 1. The lowest BCUT2D eigenvalue weighted by molar-refractivity contribution is -0.132. The number of aliphatic hydroxyl groups is 1. The van der Waals surface area contributed by atoms with Gasteiger partial charge in [0.05, 0.1) is 12.0 Å². The normalized spacial score (nSPS) is 27.4. The van der Waals surface area contributed by atoms with E-state index in [2.05, 4.69) is 6.07 Å². The smallest absolute Gasteiger partial charge is 0.230 e. The molecule has 0 aromatic heterocycles. The molecule has 1 heterocycles. The minimum absolute atomic E-state index is 0.0431. The van der Waals surface area contributed by atoms with Gasteiger partial charge in [-0.3, -0.25) is 4.79 Å². The number of hydrogen-bond acceptors (Lipinski definition) is 2. The van der Waals surface area contributed by atoms with Crippen LogP contribution in [0.15, 0.2) is 24.3 Å². The molecule has 84 valence electrons. The van der Waals surface area contributed by atoms with Crippen LogP contribution in [0, 0.1) is 0 Å². The molecule has 2 unspecified atom stereocenters. The molecule has 2 atom stereocenters. The highest BCUT2D eigenvalue weighted by atomic mass is 16.3. The largest absolute Gasteiger partial charge is 0.391 e. The summed E-state index contributed by atoms with van der Waals surface area (Å²) in [6, 6.07) is 8.11. The zero-order valence-corrected chi connectivity index (χ0v) is 9.10. The number of benzene rings is 1. The average Bonchev–Trinajstić information content (AvgIpc) is 2.67. The van der Waals surface area contributed by atoms with Crippen molar-refractivity contribution in [2.24, 2.45) is 0 Å². The van der Waals surface area contributed by atoms with Crippen molar-refractivity contribution >= 4 is 5.91 Å². The summed E-state index contributed by atoms with van der Waals surface area (Å²) in [5.74, 6) is 0.233. The van der Waals surface area contributed by atoms with E-state index in [1.165, 1.54) is 11.1 Å². The Balaban J connectivity index is 1.75. The van der Waals surface area contributed by atoms with Crippen molar-refractivity contribution in [3.8, 4) is 0 Å². The van der Waals surface area contributed by atoms with Gasteiger partial charge in [-0.15, -0.1) is 0 Å². The van der Waals surface area contributed by atoms with Crippen molar-refractivity contribution < 1.29 is 9.90 Å². The van der Waals surface area contributed by atoms with E-state index in [4.69, 9.17) is 0 Å². The topological polar surface area (TPSA) is 40.5 Å². The van der Waals surface area contributed by atoms with E-state index in [9.17, 15) is 9.90 Å². The molecule has 1 aliphatic heterocycles. The molecule has 0 saturated carbocycles. The molecule has 1 aliphatic carbocycles. The van der Waals surface area contributed by atoms with Gasteiger partial charge in [-0.25, -0.2) is 0 Å². The molecular formula is C13H15NO2. The van der Waals surface area contributed by atoms with Crippen LogP contribution in [-0.2, 0) is 11.2 Å². The summed E-state index contributed by atoms with van der Waals surface area (Å²) < 4.78 is 0. The second-order valence-electron chi connectivity index (χ2n) is 4.68. The van der Waals surface area contributed by atoms with Crippen LogP contribution >= 0.6 is 0 Å². The monoisotopic (exact) mass is 217 g/mol. The molecule has 3 rings (SSSR count). The molecule has 1 aromatic carbocycles. The minimum atomic E-state index is -0.320. The third kappa shape index (κ3) is 1.43. The van der Waals surface area contributed by atoms with E-state index in [1.54, 1.807) is 4.90 Å². The highest BCUT2D eigenvalue weighted by Crippen LogP contribution is 2.36. The number of carbonyl (C=O) groups excluding carboxylic acids is 1. The van der Waals surface area contributed by atoms with Crippen molar-refractivity contribution in [3.63, 3.8) is 0 Å². The fourth-order valence-electron chi connectivity index (χ4n) is 2.64. The Labute approximate surface area is 94.7 Å². The van der Waals surface area contributed by atoms with Crippen molar-refractivity contribution in [3.05, 3.63) is 35.4 Å². The summed E-state index contributed by atoms with van der Waals surface area (Å²) in [6.07, 6.45) is 1.26. The molecule has 1 N–H and O–H groups in total. The number of nitrogens with zero attached hydrogens (tertiary/aromatic N) is 1.